The van der Waals surface area contributed by atoms with Crippen molar-refractivity contribution in [2.24, 2.45) is 0 Å². The Morgan fingerprint density at radius 1 is 1.09 bits per heavy atom. The van der Waals surface area contributed by atoms with Gasteiger partial charge in [-0.25, -0.2) is 9.97 Å². The van der Waals surface area contributed by atoms with Gasteiger partial charge in [-0.3, -0.25) is 9.20 Å². The first-order chi connectivity index (χ1) is 16.5. The van der Waals surface area contributed by atoms with Gasteiger partial charge in [-0.2, -0.15) is 0 Å². The second-order valence-electron chi connectivity index (χ2n) is 8.19. The van der Waals surface area contributed by atoms with Gasteiger partial charge >= 0.3 is 0 Å². The van der Waals surface area contributed by atoms with Gasteiger partial charge in [0.1, 0.15) is 23.4 Å². The number of aromatic nitrogens is 3. The Morgan fingerprint density at radius 2 is 1.82 bits per heavy atom. The number of hydrogen-bond donors (Lipinski definition) is 2. The third-order valence-electron chi connectivity index (χ3n) is 5.86. The number of aliphatic hydroxyl groups excluding tert-OH is 1. The van der Waals surface area contributed by atoms with Gasteiger partial charge in [0.15, 0.2) is 0 Å². The average Bonchev–Trinajstić information content (AvgIpc) is 3.26. The predicted octanol–water partition coefficient (Wildman–Crippen LogP) is 3.77. The van der Waals surface area contributed by atoms with E-state index in [0.717, 1.165) is 33.8 Å². The molecule has 0 radical (unpaired) electrons. The Bertz CT molecular complexity index is 1360. The summed E-state index contributed by atoms with van der Waals surface area (Å²) in [6, 6.07) is 19.2. The lowest BCUT2D eigenvalue weighted by Gasteiger charge is -2.27. The van der Waals surface area contributed by atoms with Crippen molar-refractivity contribution in [3.8, 4) is 22.9 Å². The molecule has 3 N–H and O–H groups in total. The first kappa shape index (κ1) is 21.7. The number of rotatable bonds is 5. The van der Waals surface area contributed by atoms with Crippen LogP contribution in [-0.4, -0.2) is 49.5 Å². The summed E-state index contributed by atoms with van der Waals surface area (Å²) in [5.74, 6) is 2.25. The number of fused-ring (bicyclic) bond motifs is 1. The zero-order chi connectivity index (χ0) is 23.7. The summed E-state index contributed by atoms with van der Waals surface area (Å²) in [6.45, 7) is 2.44. The molecule has 34 heavy (non-hydrogen) atoms. The molecule has 4 aromatic rings. The molecule has 0 aliphatic carbocycles. The topological polar surface area (TPSA) is 106 Å². The summed E-state index contributed by atoms with van der Waals surface area (Å²) in [5.41, 5.74) is 9.84. The van der Waals surface area contributed by atoms with Crippen LogP contribution < -0.4 is 10.5 Å². The maximum Gasteiger partial charge on any atom is 0.251 e. The van der Waals surface area contributed by atoms with Crippen LogP contribution in [0.3, 0.4) is 0 Å². The molecule has 1 amide bonds. The molecule has 3 heterocycles. The summed E-state index contributed by atoms with van der Waals surface area (Å²) in [7, 11) is 0. The zero-order valence-corrected chi connectivity index (χ0v) is 18.8. The summed E-state index contributed by atoms with van der Waals surface area (Å²) >= 11 is 0. The number of benzene rings is 2. The normalized spacial score (nSPS) is 14.6. The quantitative estimate of drug-likeness (QED) is 0.475. The molecule has 0 spiro atoms. The van der Waals surface area contributed by atoms with Gasteiger partial charge in [-0.1, -0.05) is 24.3 Å². The van der Waals surface area contributed by atoms with E-state index in [1.54, 1.807) is 11.1 Å². The minimum absolute atomic E-state index is 0.267. The fourth-order valence-corrected chi connectivity index (χ4v) is 4.14. The Balaban J connectivity index is 1.48. The number of imidazole rings is 1. The highest BCUT2D eigenvalue weighted by Crippen LogP contribution is 2.32. The third-order valence-corrected chi connectivity index (χ3v) is 5.86. The number of aliphatic hydroxyl groups is 1. The van der Waals surface area contributed by atoms with E-state index in [2.05, 4.69) is 4.98 Å². The van der Waals surface area contributed by atoms with Gasteiger partial charge < -0.3 is 20.5 Å². The first-order valence-corrected chi connectivity index (χ1v) is 11.1. The number of ether oxygens (including phenoxy) is 1. The largest absolute Gasteiger partial charge is 0.457 e. The molecule has 1 atom stereocenters. The van der Waals surface area contributed by atoms with Gasteiger partial charge in [0.2, 0.25) is 5.95 Å². The van der Waals surface area contributed by atoms with E-state index in [0.29, 0.717) is 31.3 Å². The van der Waals surface area contributed by atoms with Crippen LogP contribution in [0.25, 0.3) is 22.5 Å². The lowest BCUT2D eigenvalue weighted by Crippen LogP contribution is -2.40. The molecule has 0 saturated carbocycles. The van der Waals surface area contributed by atoms with E-state index in [-0.39, 0.29) is 5.91 Å². The molecule has 0 saturated heterocycles. The van der Waals surface area contributed by atoms with Crippen LogP contribution in [0.1, 0.15) is 19.0 Å². The molecule has 8 heteroatoms. The second-order valence-corrected chi connectivity index (χ2v) is 8.19. The highest BCUT2D eigenvalue weighted by molar-refractivity contribution is 5.84. The highest BCUT2D eigenvalue weighted by Gasteiger charge is 2.24. The van der Waals surface area contributed by atoms with Crippen LogP contribution in [0.4, 0.5) is 5.95 Å². The van der Waals surface area contributed by atoms with Gasteiger partial charge in [0.05, 0.1) is 11.2 Å². The van der Waals surface area contributed by atoms with Crippen LogP contribution in [-0.2, 0) is 4.79 Å². The summed E-state index contributed by atoms with van der Waals surface area (Å²) in [4.78, 5) is 23.0. The average molecular weight is 456 g/mol. The smallest absolute Gasteiger partial charge is 0.251 e. The van der Waals surface area contributed by atoms with E-state index >= 15 is 0 Å². The molecular formula is C26H25N5O3. The minimum Gasteiger partial charge on any atom is -0.457 e. The fourth-order valence-electron chi connectivity index (χ4n) is 4.14. The van der Waals surface area contributed by atoms with Crippen molar-refractivity contribution < 1.29 is 14.6 Å². The van der Waals surface area contributed by atoms with E-state index in [4.69, 9.17) is 15.5 Å². The SMILES string of the molecule is C[C@@H](O)C(=O)N1CC=C(c2nc(-c3ccc(Oc4ccccc4)cc3)n3c(N)nccc23)CC1. The molecule has 2 aromatic carbocycles. The minimum atomic E-state index is -1.00. The maximum atomic E-state index is 12.1. The van der Waals surface area contributed by atoms with Crippen molar-refractivity contribution in [1.29, 1.82) is 0 Å². The molecule has 1 aliphatic heterocycles. The molecule has 172 valence electrons. The highest BCUT2D eigenvalue weighted by atomic mass is 16.5. The van der Waals surface area contributed by atoms with Crippen molar-refractivity contribution in [3.63, 3.8) is 0 Å². The molecule has 5 rings (SSSR count). The van der Waals surface area contributed by atoms with Gasteiger partial charge in [-0.15, -0.1) is 0 Å². The molecule has 0 unspecified atom stereocenters. The number of nitrogens with zero attached hydrogens (tertiary/aromatic N) is 4. The zero-order valence-electron chi connectivity index (χ0n) is 18.8. The van der Waals surface area contributed by atoms with Crippen molar-refractivity contribution >= 4 is 22.9 Å². The van der Waals surface area contributed by atoms with Crippen LogP contribution in [0.5, 0.6) is 11.5 Å². The third kappa shape index (κ3) is 4.11. The second kappa shape index (κ2) is 8.99. The number of carbonyl (C=O) groups is 1. The predicted molar refractivity (Wildman–Crippen MR) is 130 cm³/mol. The van der Waals surface area contributed by atoms with Crippen molar-refractivity contribution in [2.75, 3.05) is 18.8 Å². The van der Waals surface area contributed by atoms with E-state index < -0.39 is 6.10 Å². The number of nitrogen functional groups attached to an aromatic ring is 1. The molecule has 0 fully saturated rings. The van der Waals surface area contributed by atoms with E-state index in [9.17, 15) is 9.90 Å². The Hall–Kier alpha value is -4.17. The first-order valence-electron chi connectivity index (χ1n) is 11.1. The number of anilines is 1. The van der Waals surface area contributed by atoms with Crippen molar-refractivity contribution in [3.05, 3.63) is 78.6 Å². The molecule has 1 aliphatic rings. The van der Waals surface area contributed by atoms with Crippen molar-refractivity contribution in [2.45, 2.75) is 19.4 Å². The summed E-state index contributed by atoms with van der Waals surface area (Å²) in [6.07, 6.45) is 3.29. The Kier molecular flexibility index (Phi) is 5.73. The number of amides is 1. The van der Waals surface area contributed by atoms with Crippen LogP contribution >= 0.6 is 0 Å². The van der Waals surface area contributed by atoms with Gasteiger partial charge in [0, 0.05) is 24.8 Å². The number of nitrogens with two attached hydrogens (primary N) is 1. The van der Waals surface area contributed by atoms with Gasteiger partial charge in [0.25, 0.3) is 5.91 Å². The molecular weight excluding hydrogens is 430 g/mol. The monoisotopic (exact) mass is 455 g/mol. The van der Waals surface area contributed by atoms with Crippen LogP contribution in [0.15, 0.2) is 72.9 Å². The lowest BCUT2D eigenvalue weighted by molar-refractivity contribution is -0.138. The summed E-state index contributed by atoms with van der Waals surface area (Å²) < 4.78 is 7.75. The van der Waals surface area contributed by atoms with Crippen LogP contribution in [0.2, 0.25) is 0 Å². The molecule has 0 bridgehead atoms. The van der Waals surface area contributed by atoms with Gasteiger partial charge in [-0.05, 0) is 61.4 Å². The lowest BCUT2D eigenvalue weighted by atomic mass is 10.0. The van der Waals surface area contributed by atoms with E-state index in [1.165, 1.54) is 6.92 Å². The van der Waals surface area contributed by atoms with Crippen LogP contribution in [0, 0.1) is 0 Å². The number of para-hydroxylation sites is 1. The Labute approximate surface area is 196 Å². The van der Waals surface area contributed by atoms with E-state index in [1.807, 2.05) is 71.1 Å². The number of hydrogen-bond acceptors (Lipinski definition) is 6. The maximum absolute atomic E-state index is 12.1. The molecule has 8 nitrogen and oxygen atoms in total. The molecule has 2 aromatic heterocycles. The number of carbonyl (C=O) groups excluding carboxylic acids is 1. The summed E-state index contributed by atoms with van der Waals surface area (Å²) in [5, 5.41) is 9.60. The standard InChI is InChI=1S/C26H25N5O3/c1-17(32)25(33)30-15-12-18(13-16-30)23-22-11-14-28-26(27)31(22)24(29-23)19-7-9-21(10-8-19)34-20-5-3-2-4-6-20/h2-12,14,17,32H,13,15-16H2,1H3,(H2,27,28)/t17-/m1/s1. The Morgan fingerprint density at radius 3 is 2.50 bits per heavy atom. The fraction of sp³-hybridized carbons (Fsp3) is 0.192. The van der Waals surface area contributed by atoms with Crippen molar-refractivity contribution in [1.82, 2.24) is 19.3 Å².